The van der Waals surface area contributed by atoms with Gasteiger partial charge < -0.3 is 10.0 Å². The summed E-state index contributed by atoms with van der Waals surface area (Å²) in [6.07, 6.45) is 3.93. The molecule has 2 aromatic rings. The van der Waals surface area contributed by atoms with Gasteiger partial charge in [0.1, 0.15) is 10.6 Å². The van der Waals surface area contributed by atoms with Crippen molar-refractivity contribution in [1.82, 2.24) is 9.97 Å². The number of rotatable bonds is 3. The minimum atomic E-state index is -0.589. The number of likely N-dealkylation sites (N-methyl/N-ethyl adjacent to an activating group) is 1. The van der Waals surface area contributed by atoms with Crippen LogP contribution in [0.25, 0.3) is 10.2 Å². The molecule has 4 nitrogen and oxygen atoms in total. The standard InChI is InChI=1S/C13H16ClN3OS/c1-17(8-13(18)5-2-3-6-13)10-9-4-7-19-11(9)16-12(14)15-10/h4,7,18H,2-3,5-6,8H2,1H3. The summed E-state index contributed by atoms with van der Waals surface area (Å²) in [5.74, 6) is 0.802. The summed E-state index contributed by atoms with van der Waals surface area (Å²) in [5, 5.41) is 13.7. The molecule has 102 valence electrons. The van der Waals surface area contributed by atoms with Gasteiger partial charge in [-0.15, -0.1) is 11.3 Å². The monoisotopic (exact) mass is 297 g/mol. The molecule has 1 saturated carbocycles. The zero-order valence-electron chi connectivity index (χ0n) is 10.8. The molecule has 1 aliphatic rings. The first-order valence-corrected chi connectivity index (χ1v) is 7.67. The van der Waals surface area contributed by atoms with E-state index in [1.165, 1.54) is 0 Å². The number of aromatic nitrogens is 2. The minimum Gasteiger partial charge on any atom is -0.388 e. The van der Waals surface area contributed by atoms with Gasteiger partial charge in [0, 0.05) is 13.6 Å². The first-order valence-electron chi connectivity index (χ1n) is 6.42. The van der Waals surface area contributed by atoms with E-state index in [2.05, 4.69) is 9.97 Å². The van der Waals surface area contributed by atoms with E-state index < -0.39 is 5.60 Å². The van der Waals surface area contributed by atoms with Crippen molar-refractivity contribution in [2.24, 2.45) is 0 Å². The number of hydrogen-bond acceptors (Lipinski definition) is 5. The lowest BCUT2D eigenvalue weighted by Crippen LogP contribution is -2.39. The molecule has 0 aliphatic heterocycles. The van der Waals surface area contributed by atoms with Crippen LogP contribution >= 0.6 is 22.9 Å². The number of fused-ring (bicyclic) bond motifs is 1. The van der Waals surface area contributed by atoms with Crippen molar-refractivity contribution in [2.75, 3.05) is 18.5 Å². The summed E-state index contributed by atoms with van der Waals surface area (Å²) in [5.41, 5.74) is -0.589. The fourth-order valence-corrected chi connectivity index (χ4v) is 3.79. The maximum atomic E-state index is 10.5. The molecule has 0 atom stereocenters. The topological polar surface area (TPSA) is 49.2 Å². The van der Waals surface area contributed by atoms with E-state index in [9.17, 15) is 5.11 Å². The van der Waals surface area contributed by atoms with Crippen LogP contribution in [0.3, 0.4) is 0 Å². The summed E-state index contributed by atoms with van der Waals surface area (Å²) in [6, 6.07) is 2.00. The van der Waals surface area contributed by atoms with Gasteiger partial charge in [0.15, 0.2) is 0 Å². The molecular weight excluding hydrogens is 282 g/mol. The predicted octanol–water partition coefficient (Wildman–Crippen LogP) is 3.09. The summed E-state index contributed by atoms with van der Waals surface area (Å²) in [4.78, 5) is 11.4. The Hall–Kier alpha value is -0.910. The lowest BCUT2D eigenvalue weighted by atomic mass is 10.0. The van der Waals surface area contributed by atoms with E-state index >= 15 is 0 Å². The number of hydrogen-bond donors (Lipinski definition) is 1. The predicted molar refractivity (Wildman–Crippen MR) is 79.1 cm³/mol. The highest BCUT2D eigenvalue weighted by atomic mass is 35.5. The molecule has 3 rings (SSSR count). The minimum absolute atomic E-state index is 0.259. The lowest BCUT2D eigenvalue weighted by Gasteiger charge is -2.29. The second-order valence-corrected chi connectivity index (χ2v) is 6.48. The average Bonchev–Trinajstić information content (AvgIpc) is 2.96. The zero-order chi connectivity index (χ0) is 13.5. The van der Waals surface area contributed by atoms with E-state index in [0.717, 1.165) is 41.7 Å². The molecule has 1 N–H and O–H groups in total. The normalized spacial score (nSPS) is 18.1. The fraction of sp³-hybridized carbons (Fsp3) is 0.538. The van der Waals surface area contributed by atoms with Crippen molar-refractivity contribution in [3.63, 3.8) is 0 Å². The molecule has 0 spiro atoms. The highest BCUT2D eigenvalue weighted by molar-refractivity contribution is 7.16. The smallest absolute Gasteiger partial charge is 0.225 e. The third-order valence-electron chi connectivity index (χ3n) is 3.70. The van der Waals surface area contributed by atoms with Crippen molar-refractivity contribution in [1.29, 1.82) is 0 Å². The summed E-state index contributed by atoms with van der Waals surface area (Å²) in [6.45, 7) is 0.589. The SMILES string of the molecule is CN(CC1(O)CCCC1)c1nc(Cl)nc2sccc12. The Morgan fingerprint density at radius 3 is 2.89 bits per heavy atom. The van der Waals surface area contributed by atoms with Crippen LogP contribution in [-0.2, 0) is 0 Å². The van der Waals surface area contributed by atoms with Crippen molar-refractivity contribution >= 4 is 39.0 Å². The Kier molecular flexibility index (Phi) is 3.37. The maximum Gasteiger partial charge on any atom is 0.225 e. The van der Waals surface area contributed by atoms with Crippen LogP contribution in [0.4, 0.5) is 5.82 Å². The van der Waals surface area contributed by atoms with Gasteiger partial charge in [-0.2, -0.15) is 4.98 Å². The van der Waals surface area contributed by atoms with Crippen LogP contribution in [0.5, 0.6) is 0 Å². The van der Waals surface area contributed by atoms with E-state index in [1.54, 1.807) is 11.3 Å². The molecule has 19 heavy (non-hydrogen) atoms. The number of aliphatic hydroxyl groups is 1. The fourth-order valence-electron chi connectivity index (χ4n) is 2.81. The van der Waals surface area contributed by atoms with E-state index in [0.29, 0.717) is 6.54 Å². The quantitative estimate of drug-likeness (QED) is 0.885. The van der Waals surface area contributed by atoms with Crippen molar-refractivity contribution < 1.29 is 5.11 Å². The van der Waals surface area contributed by atoms with Crippen molar-refractivity contribution in [3.05, 3.63) is 16.7 Å². The highest BCUT2D eigenvalue weighted by Crippen LogP contribution is 2.33. The van der Waals surface area contributed by atoms with E-state index in [1.807, 2.05) is 23.4 Å². The lowest BCUT2D eigenvalue weighted by molar-refractivity contribution is 0.0558. The molecule has 0 unspecified atom stereocenters. The Morgan fingerprint density at radius 1 is 1.42 bits per heavy atom. The first-order chi connectivity index (χ1) is 9.07. The van der Waals surface area contributed by atoms with Gasteiger partial charge >= 0.3 is 0 Å². The zero-order valence-corrected chi connectivity index (χ0v) is 12.3. The van der Waals surface area contributed by atoms with Crippen LogP contribution in [0, 0.1) is 0 Å². The van der Waals surface area contributed by atoms with Gasteiger partial charge in [0.05, 0.1) is 11.0 Å². The summed E-state index contributed by atoms with van der Waals surface area (Å²) in [7, 11) is 1.95. The Labute approximate surface area is 121 Å². The Morgan fingerprint density at radius 2 is 2.16 bits per heavy atom. The molecule has 1 aliphatic carbocycles. The number of thiophene rings is 1. The molecule has 2 aromatic heterocycles. The second kappa shape index (κ2) is 4.89. The first kappa shape index (κ1) is 13.1. The molecule has 2 heterocycles. The Bertz CT molecular complexity index is 595. The Balaban J connectivity index is 1.92. The van der Waals surface area contributed by atoms with E-state index in [-0.39, 0.29) is 5.28 Å². The largest absolute Gasteiger partial charge is 0.388 e. The molecule has 6 heteroatoms. The van der Waals surface area contributed by atoms with Gasteiger partial charge in [-0.1, -0.05) is 12.8 Å². The molecule has 0 bridgehead atoms. The third kappa shape index (κ3) is 2.55. The van der Waals surface area contributed by atoms with E-state index in [4.69, 9.17) is 11.6 Å². The third-order valence-corrected chi connectivity index (χ3v) is 4.68. The van der Waals surface area contributed by atoms with Crippen LogP contribution < -0.4 is 4.90 Å². The molecule has 0 saturated heterocycles. The molecule has 0 aromatic carbocycles. The van der Waals surface area contributed by atoms with Crippen LogP contribution in [0.15, 0.2) is 11.4 Å². The molecule has 0 amide bonds. The summed E-state index contributed by atoms with van der Waals surface area (Å²) >= 11 is 7.52. The number of halogens is 1. The second-order valence-electron chi connectivity index (χ2n) is 5.24. The van der Waals surface area contributed by atoms with Crippen LogP contribution in [0.1, 0.15) is 25.7 Å². The molecular formula is C13H16ClN3OS. The van der Waals surface area contributed by atoms with Gasteiger partial charge in [-0.3, -0.25) is 0 Å². The van der Waals surface area contributed by atoms with Gasteiger partial charge in [-0.25, -0.2) is 4.98 Å². The van der Waals surface area contributed by atoms with Crippen LogP contribution in [-0.4, -0.2) is 34.3 Å². The number of anilines is 1. The number of nitrogens with zero attached hydrogens (tertiary/aromatic N) is 3. The van der Waals surface area contributed by atoms with Crippen molar-refractivity contribution in [3.8, 4) is 0 Å². The maximum absolute atomic E-state index is 10.5. The van der Waals surface area contributed by atoms with Crippen LogP contribution in [0.2, 0.25) is 5.28 Å². The van der Waals surface area contributed by atoms with Gasteiger partial charge in [0.2, 0.25) is 5.28 Å². The van der Waals surface area contributed by atoms with Crippen molar-refractivity contribution in [2.45, 2.75) is 31.3 Å². The van der Waals surface area contributed by atoms with Gasteiger partial charge in [0.25, 0.3) is 0 Å². The molecule has 1 fully saturated rings. The average molecular weight is 298 g/mol. The molecule has 0 radical (unpaired) electrons. The van der Waals surface area contributed by atoms with Gasteiger partial charge in [-0.05, 0) is 35.9 Å². The summed E-state index contributed by atoms with van der Waals surface area (Å²) < 4.78 is 0. The highest BCUT2D eigenvalue weighted by Gasteiger charge is 2.33.